The van der Waals surface area contributed by atoms with Crippen LogP contribution in [0.25, 0.3) is 0 Å². The zero-order chi connectivity index (χ0) is 13.0. The molecule has 0 aliphatic carbocycles. The van der Waals surface area contributed by atoms with Crippen molar-refractivity contribution in [2.45, 2.75) is 26.4 Å². The van der Waals surface area contributed by atoms with Gasteiger partial charge in [0.1, 0.15) is 17.9 Å². The van der Waals surface area contributed by atoms with Crippen molar-refractivity contribution in [1.29, 1.82) is 0 Å². The normalized spacial score (nSPS) is 10.7. The van der Waals surface area contributed by atoms with Crippen LogP contribution < -0.4 is 10.1 Å². The van der Waals surface area contributed by atoms with E-state index in [9.17, 15) is 0 Å². The highest BCUT2D eigenvalue weighted by Crippen LogP contribution is 2.16. The number of nitrogens with one attached hydrogen (secondary N) is 1. The molecule has 0 saturated heterocycles. The monoisotopic (exact) mass is 246 g/mol. The molecule has 0 saturated carbocycles. The number of rotatable bonds is 5. The van der Waals surface area contributed by atoms with Gasteiger partial charge < -0.3 is 10.1 Å². The fourth-order valence-electron chi connectivity index (χ4n) is 1.72. The molecular formula is C13H18N4O. The molecule has 0 amide bonds. The van der Waals surface area contributed by atoms with Gasteiger partial charge in [-0.1, -0.05) is 0 Å². The molecule has 1 aromatic heterocycles. The van der Waals surface area contributed by atoms with Crippen molar-refractivity contribution in [2.24, 2.45) is 0 Å². The summed E-state index contributed by atoms with van der Waals surface area (Å²) in [6, 6.07) is 8.13. The quantitative estimate of drug-likeness (QED) is 0.880. The predicted octanol–water partition coefficient (Wildman–Crippen LogP) is 2.48. The molecular weight excluding hydrogens is 228 g/mol. The molecule has 1 heterocycles. The van der Waals surface area contributed by atoms with Crippen molar-refractivity contribution in [2.75, 3.05) is 12.4 Å². The molecule has 1 aromatic carbocycles. The summed E-state index contributed by atoms with van der Waals surface area (Å²) in [7, 11) is 1.66. The molecule has 0 unspecified atom stereocenters. The van der Waals surface area contributed by atoms with Crippen LogP contribution in [0.3, 0.4) is 0 Å². The number of hydrogen-bond donors (Lipinski definition) is 1. The minimum absolute atomic E-state index is 0.320. The Morgan fingerprint density at radius 3 is 2.61 bits per heavy atom. The van der Waals surface area contributed by atoms with Crippen molar-refractivity contribution in [3.05, 3.63) is 36.4 Å². The minimum atomic E-state index is 0.320. The SMILES string of the molecule is COc1ccc(NCc2ncnn2C(C)C)cc1. The number of anilines is 1. The second-order valence-electron chi connectivity index (χ2n) is 4.30. The second kappa shape index (κ2) is 5.53. The number of hydrogen-bond acceptors (Lipinski definition) is 4. The lowest BCUT2D eigenvalue weighted by Gasteiger charge is -2.11. The van der Waals surface area contributed by atoms with Crippen LogP contribution in [0.5, 0.6) is 5.75 Å². The number of benzene rings is 1. The van der Waals surface area contributed by atoms with Gasteiger partial charge in [0, 0.05) is 11.7 Å². The van der Waals surface area contributed by atoms with Gasteiger partial charge in [0.05, 0.1) is 13.7 Å². The molecule has 0 atom stereocenters. The van der Waals surface area contributed by atoms with Crippen LogP contribution in [0.15, 0.2) is 30.6 Å². The lowest BCUT2D eigenvalue weighted by Crippen LogP contribution is -2.11. The Labute approximate surface area is 107 Å². The van der Waals surface area contributed by atoms with Gasteiger partial charge in [-0.15, -0.1) is 0 Å². The summed E-state index contributed by atoms with van der Waals surface area (Å²) < 4.78 is 7.03. The van der Waals surface area contributed by atoms with E-state index in [1.807, 2.05) is 28.9 Å². The zero-order valence-electron chi connectivity index (χ0n) is 10.9. The maximum atomic E-state index is 5.12. The van der Waals surface area contributed by atoms with E-state index in [2.05, 4.69) is 29.2 Å². The van der Waals surface area contributed by atoms with Crippen LogP contribution in [0.2, 0.25) is 0 Å². The molecule has 18 heavy (non-hydrogen) atoms. The van der Waals surface area contributed by atoms with E-state index < -0.39 is 0 Å². The summed E-state index contributed by atoms with van der Waals surface area (Å²) in [5.74, 6) is 1.78. The van der Waals surface area contributed by atoms with E-state index in [-0.39, 0.29) is 0 Å². The van der Waals surface area contributed by atoms with Gasteiger partial charge in [-0.3, -0.25) is 0 Å². The molecule has 5 heteroatoms. The third kappa shape index (κ3) is 2.80. The van der Waals surface area contributed by atoms with Crippen LogP contribution in [0.1, 0.15) is 25.7 Å². The second-order valence-corrected chi connectivity index (χ2v) is 4.30. The average Bonchev–Trinajstić information content (AvgIpc) is 2.85. The molecule has 0 aliphatic heterocycles. The van der Waals surface area contributed by atoms with Gasteiger partial charge in [0.15, 0.2) is 0 Å². The number of ether oxygens (including phenoxy) is 1. The molecule has 0 radical (unpaired) electrons. The Morgan fingerprint density at radius 1 is 1.28 bits per heavy atom. The minimum Gasteiger partial charge on any atom is -0.497 e. The fraction of sp³-hybridized carbons (Fsp3) is 0.385. The predicted molar refractivity (Wildman–Crippen MR) is 70.7 cm³/mol. The van der Waals surface area contributed by atoms with E-state index in [1.54, 1.807) is 13.4 Å². The first-order valence-electron chi connectivity index (χ1n) is 5.97. The lowest BCUT2D eigenvalue weighted by atomic mass is 10.3. The van der Waals surface area contributed by atoms with E-state index in [0.29, 0.717) is 12.6 Å². The van der Waals surface area contributed by atoms with Crippen LogP contribution in [-0.4, -0.2) is 21.9 Å². The van der Waals surface area contributed by atoms with Crippen LogP contribution in [-0.2, 0) is 6.54 Å². The molecule has 96 valence electrons. The first-order chi connectivity index (χ1) is 8.70. The van der Waals surface area contributed by atoms with Crippen molar-refractivity contribution in [3.63, 3.8) is 0 Å². The third-order valence-electron chi connectivity index (χ3n) is 2.68. The average molecular weight is 246 g/mol. The molecule has 0 spiro atoms. The van der Waals surface area contributed by atoms with Gasteiger partial charge in [0.2, 0.25) is 0 Å². The Morgan fingerprint density at radius 2 is 2.00 bits per heavy atom. The molecule has 0 fully saturated rings. The zero-order valence-corrected chi connectivity index (χ0v) is 10.9. The first-order valence-corrected chi connectivity index (χ1v) is 5.97. The van der Waals surface area contributed by atoms with Crippen LogP contribution >= 0.6 is 0 Å². The molecule has 0 aliphatic rings. The van der Waals surface area contributed by atoms with Gasteiger partial charge >= 0.3 is 0 Å². The summed E-state index contributed by atoms with van der Waals surface area (Å²) in [5.41, 5.74) is 1.04. The maximum Gasteiger partial charge on any atom is 0.146 e. The van der Waals surface area contributed by atoms with Crippen molar-refractivity contribution in [1.82, 2.24) is 14.8 Å². The maximum absolute atomic E-state index is 5.12. The summed E-state index contributed by atoms with van der Waals surface area (Å²) in [6.07, 6.45) is 1.59. The first kappa shape index (κ1) is 12.4. The summed E-state index contributed by atoms with van der Waals surface area (Å²) >= 11 is 0. The van der Waals surface area contributed by atoms with Crippen LogP contribution in [0.4, 0.5) is 5.69 Å². The Bertz CT molecular complexity index is 490. The Balaban J connectivity index is 2.00. The summed E-state index contributed by atoms with van der Waals surface area (Å²) in [5, 5.41) is 7.52. The van der Waals surface area contributed by atoms with Gasteiger partial charge in [0.25, 0.3) is 0 Å². The van der Waals surface area contributed by atoms with Gasteiger partial charge in [-0.05, 0) is 38.1 Å². The summed E-state index contributed by atoms with van der Waals surface area (Å²) in [4.78, 5) is 4.25. The van der Waals surface area contributed by atoms with E-state index in [4.69, 9.17) is 4.74 Å². The third-order valence-corrected chi connectivity index (χ3v) is 2.68. The number of nitrogens with zero attached hydrogens (tertiary/aromatic N) is 3. The highest BCUT2D eigenvalue weighted by atomic mass is 16.5. The van der Waals surface area contributed by atoms with Gasteiger partial charge in [-0.2, -0.15) is 5.10 Å². The molecule has 1 N–H and O–H groups in total. The smallest absolute Gasteiger partial charge is 0.146 e. The van der Waals surface area contributed by atoms with E-state index in [0.717, 1.165) is 17.3 Å². The fourth-order valence-corrected chi connectivity index (χ4v) is 1.72. The van der Waals surface area contributed by atoms with Crippen molar-refractivity contribution >= 4 is 5.69 Å². The van der Waals surface area contributed by atoms with Gasteiger partial charge in [-0.25, -0.2) is 9.67 Å². The number of methoxy groups -OCH3 is 1. The van der Waals surface area contributed by atoms with Crippen LogP contribution in [0, 0.1) is 0 Å². The Kier molecular flexibility index (Phi) is 3.82. The topological polar surface area (TPSA) is 52.0 Å². The molecule has 2 rings (SSSR count). The lowest BCUT2D eigenvalue weighted by molar-refractivity contribution is 0.415. The largest absolute Gasteiger partial charge is 0.497 e. The molecule has 5 nitrogen and oxygen atoms in total. The van der Waals surface area contributed by atoms with Crippen molar-refractivity contribution < 1.29 is 4.74 Å². The summed E-state index contributed by atoms with van der Waals surface area (Å²) in [6.45, 7) is 4.83. The van der Waals surface area contributed by atoms with E-state index in [1.165, 1.54) is 0 Å². The standard InChI is InChI=1S/C13H18N4O/c1-10(2)17-13(15-9-16-17)8-14-11-4-6-12(18-3)7-5-11/h4-7,9-10,14H,8H2,1-3H3. The highest BCUT2D eigenvalue weighted by molar-refractivity contribution is 5.46. The van der Waals surface area contributed by atoms with Crippen molar-refractivity contribution in [3.8, 4) is 5.75 Å². The highest BCUT2D eigenvalue weighted by Gasteiger charge is 2.06. The Hall–Kier alpha value is -2.04. The van der Waals surface area contributed by atoms with E-state index >= 15 is 0 Å². The number of aromatic nitrogens is 3. The molecule has 2 aromatic rings. The molecule has 0 bridgehead atoms.